The average Bonchev–Trinajstić information content (AvgIpc) is 2.46. The molecule has 0 heterocycles. The summed E-state index contributed by atoms with van der Waals surface area (Å²) in [5.74, 6) is 0. The molecule has 0 atom stereocenters. The molecule has 1 radical (unpaired) electrons. The highest BCUT2D eigenvalue weighted by molar-refractivity contribution is 5.35. The predicted octanol–water partition coefficient (Wildman–Crippen LogP) is 4.19. The van der Waals surface area contributed by atoms with Crippen molar-refractivity contribution in [2.45, 2.75) is 18.9 Å². The van der Waals surface area contributed by atoms with Crippen molar-refractivity contribution in [3.8, 4) is 0 Å². The Bertz CT molecular complexity index is 422. The molecule has 0 aliphatic rings. The van der Waals surface area contributed by atoms with Gasteiger partial charge in [-0.15, -0.1) is 0 Å². The van der Waals surface area contributed by atoms with Gasteiger partial charge in [-0.05, 0) is 24.5 Å². The number of hydrogen-bond acceptors (Lipinski definition) is 1. The molecule has 0 aromatic heterocycles. The summed E-state index contributed by atoms with van der Waals surface area (Å²) in [4.78, 5) is 0. The van der Waals surface area contributed by atoms with E-state index in [1.807, 2.05) is 36.4 Å². The largest absolute Gasteiger partial charge is 0.366 e. The second-order valence-corrected chi connectivity index (χ2v) is 4.47. The highest BCUT2D eigenvalue weighted by atomic mass is 16.5. The molecule has 0 aliphatic carbocycles. The van der Waals surface area contributed by atoms with E-state index in [-0.39, 0.29) is 0 Å². The van der Waals surface area contributed by atoms with Crippen molar-refractivity contribution in [3.05, 3.63) is 78.7 Å². The van der Waals surface area contributed by atoms with Crippen molar-refractivity contribution < 1.29 is 4.74 Å². The lowest BCUT2D eigenvalue weighted by Gasteiger charge is -2.31. The van der Waals surface area contributed by atoms with Crippen LogP contribution in [0, 0.1) is 6.92 Å². The predicted molar refractivity (Wildman–Crippen MR) is 75.3 cm³/mol. The summed E-state index contributed by atoms with van der Waals surface area (Å²) in [7, 11) is 0. The lowest BCUT2D eigenvalue weighted by molar-refractivity contribution is -0.00167. The maximum absolute atomic E-state index is 6.09. The van der Waals surface area contributed by atoms with E-state index in [1.54, 1.807) is 0 Å². The van der Waals surface area contributed by atoms with Gasteiger partial charge in [0.2, 0.25) is 0 Å². The molecular weight excluding hydrogens is 220 g/mol. The minimum atomic E-state index is -0.403. The topological polar surface area (TPSA) is 9.23 Å². The Hall–Kier alpha value is -1.60. The minimum absolute atomic E-state index is 0.403. The van der Waals surface area contributed by atoms with Gasteiger partial charge >= 0.3 is 0 Å². The number of rotatable bonds is 5. The Labute approximate surface area is 109 Å². The molecule has 0 amide bonds. The molecule has 0 unspecified atom stereocenters. The smallest absolute Gasteiger partial charge is 0.115 e. The van der Waals surface area contributed by atoms with Gasteiger partial charge in [0.15, 0.2) is 0 Å². The van der Waals surface area contributed by atoms with Gasteiger partial charge in [0, 0.05) is 6.61 Å². The Morgan fingerprint density at radius 3 is 1.72 bits per heavy atom. The zero-order chi connectivity index (χ0) is 12.8. The normalized spacial score (nSPS) is 11.4. The fourth-order valence-corrected chi connectivity index (χ4v) is 2.12. The van der Waals surface area contributed by atoms with Crippen LogP contribution in [0.3, 0.4) is 0 Å². The molecule has 18 heavy (non-hydrogen) atoms. The molecule has 0 spiro atoms. The maximum atomic E-state index is 6.09. The van der Waals surface area contributed by atoms with Crippen molar-refractivity contribution in [1.29, 1.82) is 0 Å². The van der Waals surface area contributed by atoms with Gasteiger partial charge in [-0.2, -0.15) is 0 Å². The van der Waals surface area contributed by atoms with Gasteiger partial charge in [0.05, 0.1) is 0 Å². The Balaban J connectivity index is 2.41. The third-order valence-electron chi connectivity index (χ3n) is 3.18. The highest BCUT2D eigenvalue weighted by Crippen LogP contribution is 2.33. The summed E-state index contributed by atoms with van der Waals surface area (Å²) >= 11 is 0. The number of hydrogen-bond donors (Lipinski definition) is 0. The molecule has 0 N–H and O–H groups in total. The molecular formula is C17H19O. The van der Waals surface area contributed by atoms with Crippen LogP contribution in [0.1, 0.15) is 24.5 Å². The van der Waals surface area contributed by atoms with Gasteiger partial charge < -0.3 is 4.74 Å². The fraction of sp³-hybridized carbons (Fsp3) is 0.235. The van der Waals surface area contributed by atoms with Crippen LogP contribution < -0.4 is 0 Å². The lowest BCUT2D eigenvalue weighted by Crippen LogP contribution is -2.27. The molecule has 1 nitrogen and oxygen atoms in total. The summed E-state index contributed by atoms with van der Waals surface area (Å²) in [5.41, 5.74) is 1.94. The lowest BCUT2D eigenvalue weighted by atomic mass is 9.88. The molecule has 0 bridgehead atoms. The first kappa shape index (κ1) is 12.8. The van der Waals surface area contributed by atoms with E-state index in [4.69, 9.17) is 4.74 Å². The van der Waals surface area contributed by atoms with E-state index >= 15 is 0 Å². The molecule has 2 rings (SSSR count). The summed E-state index contributed by atoms with van der Waals surface area (Å²) in [6, 6.07) is 20.7. The van der Waals surface area contributed by atoms with Crippen molar-refractivity contribution in [1.82, 2.24) is 0 Å². The van der Waals surface area contributed by atoms with Gasteiger partial charge in [-0.1, -0.05) is 67.6 Å². The number of ether oxygens (including phenoxy) is 1. The maximum Gasteiger partial charge on any atom is 0.115 e. The van der Waals surface area contributed by atoms with E-state index in [0.717, 1.165) is 6.42 Å². The zero-order valence-corrected chi connectivity index (χ0v) is 10.8. The minimum Gasteiger partial charge on any atom is -0.366 e. The first-order valence-corrected chi connectivity index (χ1v) is 6.31. The van der Waals surface area contributed by atoms with Crippen LogP contribution in [0.2, 0.25) is 0 Å². The van der Waals surface area contributed by atoms with Gasteiger partial charge in [0.1, 0.15) is 5.60 Å². The first-order valence-electron chi connectivity index (χ1n) is 6.31. The Morgan fingerprint density at radius 1 is 0.889 bits per heavy atom. The van der Waals surface area contributed by atoms with Crippen LogP contribution >= 0.6 is 0 Å². The standard InChI is InChI=1S/C17H19O/c1-3-14-18-17(2,15-10-6-4-7-11-15)16-12-8-5-9-13-16/h4-13H,1,3,14H2,2H3. The zero-order valence-electron chi connectivity index (χ0n) is 10.8. The van der Waals surface area contributed by atoms with Crippen LogP contribution in [-0.2, 0) is 10.3 Å². The fourth-order valence-electron chi connectivity index (χ4n) is 2.12. The second-order valence-electron chi connectivity index (χ2n) is 4.47. The monoisotopic (exact) mass is 239 g/mol. The molecule has 93 valence electrons. The second kappa shape index (κ2) is 5.83. The third-order valence-corrected chi connectivity index (χ3v) is 3.18. The molecule has 0 fully saturated rings. The van der Waals surface area contributed by atoms with E-state index < -0.39 is 5.60 Å². The summed E-state index contributed by atoms with van der Waals surface area (Å²) in [5, 5.41) is 0. The van der Waals surface area contributed by atoms with Gasteiger partial charge in [-0.25, -0.2) is 0 Å². The Morgan fingerprint density at radius 2 is 1.33 bits per heavy atom. The van der Waals surface area contributed by atoms with E-state index in [1.165, 1.54) is 11.1 Å². The van der Waals surface area contributed by atoms with E-state index in [0.29, 0.717) is 6.61 Å². The summed E-state index contributed by atoms with van der Waals surface area (Å²) < 4.78 is 6.09. The molecule has 0 aliphatic heterocycles. The van der Waals surface area contributed by atoms with Crippen molar-refractivity contribution in [2.24, 2.45) is 0 Å². The SMILES string of the molecule is [CH2]CCOC(C)(c1ccccc1)c1ccccc1. The molecule has 1 heteroatoms. The van der Waals surface area contributed by atoms with E-state index in [2.05, 4.69) is 38.1 Å². The average molecular weight is 239 g/mol. The van der Waals surface area contributed by atoms with Crippen LogP contribution in [0.15, 0.2) is 60.7 Å². The van der Waals surface area contributed by atoms with Crippen molar-refractivity contribution in [3.63, 3.8) is 0 Å². The van der Waals surface area contributed by atoms with Crippen LogP contribution in [0.4, 0.5) is 0 Å². The van der Waals surface area contributed by atoms with E-state index in [9.17, 15) is 0 Å². The molecule has 2 aromatic carbocycles. The van der Waals surface area contributed by atoms with Gasteiger partial charge in [-0.3, -0.25) is 0 Å². The highest BCUT2D eigenvalue weighted by Gasteiger charge is 2.29. The van der Waals surface area contributed by atoms with Crippen LogP contribution in [-0.4, -0.2) is 6.61 Å². The summed E-state index contributed by atoms with van der Waals surface area (Å²) in [6.07, 6.45) is 0.773. The Kier molecular flexibility index (Phi) is 4.16. The van der Waals surface area contributed by atoms with Crippen molar-refractivity contribution >= 4 is 0 Å². The third kappa shape index (κ3) is 2.62. The van der Waals surface area contributed by atoms with Crippen LogP contribution in [0.5, 0.6) is 0 Å². The van der Waals surface area contributed by atoms with Crippen molar-refractivity contribution in [2.75, 3.05) is 6.61 Å². The first-order chi connectivity index (χ1) is 8.77. The quantitative estimate of drug-likeness (QED) is 0.760. The number of benzene rings is 2. The van der Waals surface area contributed by atoms with Gasteiger partial charge in [0.25, 0.3) is 0 Å². The van der Waals surface area contributed by atoms with Crippen LogP contribution in [0.25, 0.3) is 0 Å². The molecule has 0 saturated heterocycles. The molecule has 0 saturated carbocycles. The summed E-state index contributed by atoms with van der Waals surface area (Å²) in [6.45, 7) is 6.62. The molecule has 2 aromatic rings.